The van der Waals surface area contributed by atoms with Crippen LogP contribution in [0.15, 0.2) is 53.1 Å². The van der Waals surface area contributed by atoms with E-state index in [2.05, 4.69) is 12.1 Å². The second kappa shape index (κ2) is 5.40. The summed E-state index contributed by atoms with van der Waals surface area (Å²) in [6.07, 6.45) is 0.970. The Morgan fingerprint density at radius 2 is 1.86 bits per heavy atom. The van der Waals surface area contributed by atoms with Gasteiger partial charge < -0.3 is 10.3 Å². The molecule has 0 spiro atoms. The van der Waals surface area contributed by atoms with Crippen LogP contribution in [0.4, 0.5) is 10.3 Å². The Bertz CT molecular complexity index is 763. The van der Waals surface area contributed by atoms with E-state index in [1.165, 1.54) is 17.7 Å². The normalized spacial score (nSPS) is 10.8. The lowest BCUT2D eigenvalue weighted by molar-refractivity contribution is 0.439. The van der Waals surface area contributed by atoms with Crippen LogP contribution in [-0.2, 0) is 6.42 Å². The number of aromatic nitrogens is 1. The highest BCUT2D eigenvalue weighted by Crippen LogP contribution is 2.36. The summed E-state index contributed by atoms with van der Waals surface area (Å²) in [4.78, 5) is 0. The maximum atomic E-state index is 13.4. The van der Waals surface area contributed by atoms with Gasteiger partial charge in [-0.3, -0.25) is 0 Å². The number of hydrogen-bond donors (Lipinski definition) is 1. The summed E-state index contributed by atoms with van der Waals surface area (Å²) in [7, 11) is 0. The van der Waals surface area contributed by atoms with Crippen molar-refractivity contribution >= 4 is 5.88 Å². The van der Waals surface area contributed by atoms with Crippen LogP contribution in [0, 0.1) is 5.82 Å². The molecule has 0 atom stereocenters. The highest BCUT2D eigenvalue weighted by molar-refractivity contribution is 5.86. The highest BCUT2D eigenvalue weighted by atomic mass is 19.1. The number of hydrogen-bond acceptors (Lipinski definition) is 3. The molecule has 0 fully saturated rings. The first-order valence-corrected chi connectivity index (χ1v) is 6.79. The van der Waals surface area contributed by atoms with Gasteiger partial charge in [-0.2, -0.15) is 0 Å². The number of nitrogens with two attached hydrogens (primary N) is 1. The summed E-state index contributed by atoms with van der Waals surface area (Å²) < 4.78 is 18.5. The van der Waals surface area contributed by atoms with E-state index in [0.29, 0.717) is 16.8 Å². The van der Waals surface area contributed by atoms with Gasteiger partial charge in [0.2, 0.25) is 5.88 Å². The van der Waals surface area contributed by atoms with Gasteiger partial charge in [0, 0.05) is 5.56 Å². The molecule has 21 heavy (non-hydrogen) atoms. The largest absolute Gasteiger partial charge is 0.367 e. The number of nitrogens with zero attached hydrogens (tertiary/aromatic N) is 1. The van der Waals surface area contributed by atoms with Gasteiger partial charge in [-0.05, 0) is 29.7 Å². The van der Waals surface area contributed by atoms with Gasteiger partial charge in [-0.15, -0.1) is 0 Å². The Labute approximate surface area is 122 Å². The molecule has 0 aliphatic carbocycles. The van der Waals surface area contributed by atoms with E-state index in [-0.39, 0.29) is 11.7 Å². The van der Waals surface area contributed by atoms with Gasteiger partial charge in [-0.1, -0.05) is 48.5 Å². The molecular weight excluding hydrogens is 267 g/mol. The van der Waals surface area contributed by atoms with Crippen molar-refractivity contribution in [2.75, 3.05) is 5.73 Å². The van der Waals surface area contributed by atoms with Gasteiger partial charge in [0.05, 0.1) is 5.56 Å². The minimum atomic E-state index is -0.319. The molecular formula is C17H15FN2O. The van der Waals surface area contributed by atoms with Gasteiger partial charge >= 0.3 is 0 Å². The number of benzene rings is 2. The zero-order valence-electron chi connectivity index (χ0n) is 11.6. The average Bonchev–Trinajstić information content (AvgIpc) is 2.89. The van der Waals surface area contributed by atoms with E-state index in [1.807, 2.05) is 24.3 Å². The third-order valence-electron chi connectivity index (χ3n) is 3.47. The zero-order valence-corrected chi connectivity index (χ0v) is 11.6. The third-order valence-corrected chi connectivity index (χ3v) is 3.47. The monoisotopic (exact) mass is 282 g/mol. The topological polar surface area (TPSA) is 52.0 Å². The summed E-state index contributed by atoms with van der Waals surface area (Å²) >= 11 is 0. The molecule has 4 heteroatoms. The lowest BCUT2D eigenvalue weighted by Gasteiger charge is -2.04. The van der Waals surface area contributed by atoms with E-state index in [4.69, 9.17) is 10.3 Å². The van der Waals surface area contributed by atoms with Gasteiger partial charge in [0.1, 0.15) is 11.5 Å². The van der Waals surface area contributed by atoms with E-state index >= 15 is 0 Å². The molecule has 0 aliphatic rings. The first-order valence-electron chi connectivity index (χ1n) is 6.79. The number of halogens is 1. The third kappa shape index (κ3) is 2.52. The fraction of sp³-hybridized carbons (Fsp3) is 0.118. The first kappa shape index (κ1) is 13.4. The summed E-state index contributed by atoms with van der Waals surface area (Å²) in [6.45, 7) is 2.10. The molecule has 3 rings (SSSR count). The van der Waals surface area contributed by atoms with E-state index in [1.54, 1.807) is 12.1 Å². The maximum Gasteiger partial charge on any atom is 0.230 e. The maximum absolute atomic E-state index is 13.4. The fourth-order valence-electron chi connectivity index (χ4n) is 2.32. The van der Waals surface area contributed by atoms with E-state index in [0.717, 1.165) is 12.0 Å². The molecule has 3 aromatic rings. The van der Waals surface area contributed by atoms with Crippen LogP contribution in [0.2, 0.25) is 0 Å². The van der Waals surface area contributed by atoms with Crippen molar-refractivity contribution < 1.29 is 8.91 Å². The Morgan fingerprint density at radius 1 is 1.10 bits per heavy atom. The lowest BCUT2D eigenvalue weighted by Crippen LogP contribution is -1.89. The predicted molar refractivity (Wildman–Crippen MR) is 81.1 cm³/mol. The molecule has 0 saturated carbocycles. The van der Waals surface area contributed by atoms with Crippen molar-refractivity contribution in [1.82, 2.24) is 5.16 Å². The van der Waals surface area contributed by atoms with Crippen molar-refractivity contribution in [2.24, 2.45) is 0 Å². The first-order chi connectivity index (χ1) is 10.2. The minimum absolute atomic E-state index is 0.190. The van der Waals surface area contributed by atoms with Crippen LogP contribution < -0.4 is 5.73 Å². The van der Waals surface area contributed by atoms with Gasteiger partial charge in [0.15, 0.2) is 0 Å². The standard InChI is InChI=1S/C17H15FN2O/c1-2-11-6-8-12(9-7-11)16-15(17(19)21-20-16)13-4-3-5-14(18)10-13/h3-10H,2,19H2,1H3. The van der Waals surface area contributed by atoms with Crippen LogP contribution in [0.5, 0.6) is 0 Å². The Hall–Kier alpha value is -2.62. The SMILES string of the molecule is CCc1ccc(-c2noc(N)c2-c2cccc(F)c2)cc1. The number of anilines is 1. The van der Waals surface area contributed by atoms with Crippen molar-refractivity contribution in [3.8, 4) is 22.4 Å². The molecule has 2 aromatic carbocycles. The lowest BCUT2D eigenvalue weighted by atomic mass is 10.00. The second-order valence-corrected chi connectivity index (χ2v) is 4.83. The molecule has 2 N–H and O–H groups in total. The van der Waals surface area contributed by atoms with E-state index in [9.17, 15) is 4.39 Å². The molecule has 0 saturated heterocycles. The van der Waals surface area contributed by atoms with Crippen molar-refractivity contribution in [1.29, 1.82) is 0 Å². The summed E-state index contributed by atoms with van der Waals surface area (Å²) in [6, 6.07) is 14.3. The van der Waals surface area contributed by atoms with Gasteiger partial charge in [0.25, 0.3) is 0 Å². The zero-order chi connectivity index (χ0) is 14.8. The summed E-state index contributed by atoms with van der Waals surface area (Å²) in [5.41, 5.74) is 9.90. The van der Waals surface area contributed by atoms with Gasteiger partial charge in [-0.25, -0.2) is 4.39 Å². The number of rotatable bonds is 3. The summed E-state index contributed by atoms with van der Waals surface area (Å²) in [5, 5.41) is 4.03. The quantitative estimate of drug-likeness (QED) is 0.779. The van der Waals surface area contributed by atoms with Crippen LogP contribution >= 0.6 is 0 Å². The molecule has 0 amide bonds. The molecule has 0 unspecified atom stereocenters. The molecule has 1 heterocycles. The molecule has 0 radical (unpaired) electrons. The molecule has 3 nitrogen and oxygen atoms in total. The minimum Gasteiger partial charge on any atom is -0.367 e. The van der Waals surface area contributed by atoms with Crippen LogP contribution in [0.3, 0.4) is 0 Å². The van der Waals surface area contributed by atoms with Crippen molar-refractivity contribution in [2.45, 2.75) is 13.3 Å². The smallest absolute Gasteiger partial charge is 0.230 e. The van der Waals surface area contributed by atoms with E-state index < -0.39 is 0 Å². The summed E-state index contributed by atoms with van der Waals surface area (Å²) in [5.74, 6) is -0.129. The Kier molecular flexibility index (Phi) is 3.44. The van der Waals surface area contributed by atoms with Crippen LogP contribution in [0.1, 0.15) is 12.5 Å². The molecule has 0 aliphatic heterocycles. The Morgan fingerprint density at radius 3 is 2.52 bits per heavy atom. The van der Waals surface area contributed by atoms with Crippen molar-refractivity contribution in [3.63, 3.8) is 0 Å². The number of nitrogen functional groups attached to an aromatic ring is 1. The fourth-order valence-corrected chi connectivity index (χ4v) is 2.32. The predicted octanol–water partition coefficient (Wildman–Crippen LogP) is 4.29. The molecule has 0 bridgehead atoms. The molecule has 1 aromatic heterocycles. The van der Waals surface area contributed by atoms with Crippen LogP contribution in [-0.4, -0.2) is 5.16 Å². The molecule has 106 valence electrons. The Balaban J connectivity index is 2.12. The average molecular weight is 282 g/mol. The van der Waals surface area contributed by atoms with Crippen molar-refractivity contribution in [3.05, 3.63) is 59.9 Å². The second-order valence-electron chi connectivity index (χ2n) is 4.83. The van der Waals surface area contributed by atoms with Crippen LogP contribution in [0.25, 0.3) is 22.4 Å². The number of aryl methyl sites for hydroxylation is 1. The highest BCUT2D eigenvalue weighted by Gasteiger charge is 2.17.